The highest BCUT2D eigenvalue weighted by atomic mass is 35.5. The molecule has 0 N–H and O–H groups in total. The monoisotopic (exact) mass is 264 g/mol. The van der Waals surface area contributed by atoms with Crippen LogP contribution in [0.15, 0.2) is 18.3 Å². The van der Waals surface area contributed by atoms with Gasteiger partial charge in [0, 0.05) is 30.3 Å². The SMILES string of the molecule is CN1CCCC(Cc2nc3cc(Cl)ccn3n2)C1. The van der Waals surface area contributed by atoms with Crippen molar-refractivity contribution in [1.82, 2.24) is 19.5 Å². The number of hydrogen-bond acceptors (Lipinski definition) is 3. The molecule has 0 aromatic carbocycles. The normalized spacial score (nSPS) is 21.6. The molecule has 1 unspecified atom stereocenters. The first-order chi connectivity index (χ1) is 8.70. The van der Waals surface area contributed by atoms with Crippen LogP contribution in [0.5, 0.6) is 0 Å². The molecule has 0 spiro atoms. The molecule has 0 bridgehead atoms. The summed E-state index contributed by atoms with van der Waals surface area (Å²) >= 11 is 5.95. The standard InChI is InChI=1S/C13H17ClN4/c1-17-5-2-3-10(9-17)7-12-15-13-8-11(14)4-6-18(13)16-12/h4,6,8,10H,2-3,5,7,9H2,1H3. The van der Waals surface area contributed by atoms with E-state index in [1.54, 1.807) is 4.52 Å². The summed E-state index contributed by atoms with van der Waals surface area (Å²) in [5.74, 6) is 1.61. The molecule has 2 aromatic heterocycles. The van der Waals surface area contributed by atoms with Crippen LogP contribution < -0.4 is 0 Å². The number of nitrogens with zero attached hydrogens (tertiary/aromatic N) is 4. The largest absolute Gasteiger partial charge is 0.306 e. The predicted molar refractivity (Wildman–Crippen MR) is 71.9 cm³/mol. The highest BCUT2D eigenvalue weighted by molar-refractivity contribution is 6.30. The van der Waals surface area contributed by atoms with Gasteiger partial charge in [0.25, 0.3) is 0 Å². The molecule has 1 fully saturated rings. The first-order valence-electron chi connectivity index (χ1n) is 6.40. The Kier molecular flexibility index (Phi) is 3.22. The van der Waals surface area contributed by atoms with Gasteiger partial charge in [-0.15, -0.1) is 0 Å². The summed E-state index contributed by atoms with van der Waals surface area (Å²) in [6.45, 7) is 2.36. The van der Waals surface area contributed by atoms with Crippen LogP contribution in [0.4, 0.5) is 0 Å². The lowest BCUT2D eigenvalue weighted by atomic mass is 9.95. The molecule has 0 radical (unpaired) electrons. The molecule has 3 rings (SSSR count). The van der Waals surface area contributed by atoms with E-state index in [2.05, 4.69) is 22.0 Å². The second kappa shape index (κ2) is 4.86. The predicted octanol–water partition coefficient (Wildman–Crippen LogP) is 2.27. The summed E-state index contributed by atoms with van der Waals surface area (Å²) in [4.78, 5) is 6.93. The smallest absolute Gasteiger partial charge is 0.157 e. The van der Waals surface area contributed by atoms with Crippen molar-refractivity contribution in [2.45, 2.75) is 19.3 Å². The van der Waals surface area contributed by atoms with Crippen molar-refractivity contribution in [3.8, 4) is 0 Å². The highest BCUT2D eigenvalue weighted by Crippen LogP contribution is 2.19. The third-order valence-corrected chi connectivity index (χ3v) is 3.77. The van der Waals surface area contributed by atoms with Crippen LogP contribution in [-0.2, 0) is 6.42 Å². The minimum Gasteiger partial charge on any atom is -0.306 e. The van der Waals surface area contributed by atoms with Gasteiger partial charge in [-0.05, 0) is 38.4 Å². The Bertz CT molecular complexity index is 551. The zero-order chi connectivity index (χ0) is 12.5. The van der Waals surface area contributed by atoms with Crippen LogP contribution in [0.3, 0.4) is 0 Å². The van der Waals surface area contributed by atoms with E-state index in [0.717, 1.165) is 24.4 Å². The fraction of sp³-hybridized carbons (Fsp3) is 0.538. The van der Waals surface area contributed by atoms with E-state index in [0.29, 0.717) is 10.9 Å². The first-order valence-corrected chi connectivity index (χ1v) is 6.78. The van der Waals surface area contributed by atoms with Crippen LogP contribution >= 0.6 is 11.6 Å². The van der Waals surface area contributed by atoms with E-state index in [9.17, 15) is 0 Å². The lowest BCUT2D eigenvalue weighted by molar-refractivity contribution is 0.207. The van der Waals surface area contributed by atoms with E-state index in [4.69, 9.17) is 11.6 Å². The maximum Gasteiger partial charge on any atom is 0.157 e. The Labute approximate surface area is 112 Å². The van der Waals surface area contributed by atoms with Gasteiger partial charge < -0.3 is 4.90 Å². The van der Waals surface area contributed by atoms with Crippen LogP contribution in [0.1, 0.15) is 18.7 Å². The molecule has 0 aliphatic carbocycles. The lowest BCUT2D eigenvalue weighted by Crippen LogP contribution is -2.33. The van der Waals surface area contributed by atoms with Crippen molar-refractivity contribution in [2.24, 2.45) is 5.92 Å². The second-order valence-electron chi connectivity index (χ2n) is 5.15. The van der Waals surface area contributed by atoms with Crippen LogP contribution in [0, 0.1) is 5.92 Å². The molecule has 1 aliphatic rings. The third kappa shape index (κ3) is 2.49. The molecule has 2 aromatic rings. The topological polar surface area (TPSA) is 33.4 Å². The van der Waals surface area contributed by atoms with E-state index >= 15 is 0 Å². The average molecular weight is 265 g/mol. The summed E-state index contributed by atoms with van der Waals surface area (Å²) in [6.07, 6.45) is 5.38. The molecule has 96 valence electrons. The molecular formula is C13H17ClN4. The fourth-order valence-corrected chi connectivity index (χ4v) is 2.84. The molecule has 1 saturated heterocycles. The summed E-state index contributed by atoms with van der Waals surface area (Å²) < 4.78 is 1.80. The Hall–Kier alpha value is -1.13. The lowest BCUT2D eigenvalue weighted by Gasteiger charge is -2.28. The van der Waals surface area contributed by atoms with E-state index in [-0.39, 0.29) is 0 Å². The summed E-state index contributed by atoms with van der Waals surface area (Å²) in [7, 11) is 2.18. The number of aromatic nitrogens is 3. The number of likely N-dealkylation sites (tertiary alicyclic amines) is 1. The zero-order valence-electron chi connectivity index (χ0n) is 10.5. The van der Waals surface area contributed by atoms with Crippen LogP contribution in [0.25, 0.3) is 5.65 Å². The van der Waals surface area contributed by atoms with Gasteiger partial charge in [0.15, 0.2) is 11.5 Å². The van der Waals surface area contributed by atoms with Crippen molar-refractivity contribution in [3.63, 3.8) is 0 Å². The first kappa shape index (κ1) is 11.9. The number of hydrogen-bond donors (Lipinski definition) is 0. The summed E-state index contributed by atoms with van der Waals surface area (Å²) in [5.41, 5.74) is 0.835. The van der Waals surface area contributed by atoms with Crippen molar-refractivity contribution < 1.29 is 0 Å². The maximum absolute atomic E-state index is 5.95. The van der Waals surface area contributed by atoms with Gasteiger partial charge in [-0.25, -0.2) is 9.50 Å². The number of piperidine rings is 1. The van der Waals surface area contributed by atoms with E-state index in [1.165, 1.54) is 19.4 Å². The van der Waals surface area contributed by atoms with Crippen molar-refractivity contribution in [2.75, 3.05) is 20.1 Å². The van der Waals surface area contributed by atoms with E-state index < -0.39 is 0 Å². The fourth-order valence-electron chi connectivity index (χ4n) is 2.69. The minimum absolute atomic E-state index is 0.677. The number of halogens is 1. The molecular weight excluding hydrogens is 248 g/mol. The van der Waals surface area contributed by atoms with Gasteiger partial charge in [0.05, 0.1) is 0 Å². The van der Waals surface area contributed by atoms with Crippen LogP contribution in [-0.4, -0.2) is 39.6 Å². The Morgan fingerprint density at radius 3 is 3.22 bits per heavy atom. The summed E-state index contributed by atoms with van der Waals surface area (Å²) in [6, 6.07) is 3.69. The molecule has 1 aliphatic heterocycles. The van der Waals surface area contributed by atoms with E-state index in [1.807, 2.05) is 18.3 Å². The van der Waals surface area contributed by atoms with Gasteiger partial charge in [0.2, 0.25) is 0 Å². The molecule has 3 heterocycles. The van der Waals surface area contributed by atoms with Gasteiger partial charge in [-0.1, -0.05) is 11.6 Å². The van der Waals surface area contributed by atoms with Gasteiger partial charge >= 0.3 is 0 Å². The molecule has 18 heavy (non-hydrogen) atoms. The van der Waals surface area contributed by atoms with Crippen molar-refractivity contribution in [1.29, 1.82) is 0 Å². The Morgan fingerprint density at radius 1 is 1.50 bits per heavy atom. The quantitative estimate of drug-likeness (QED) is 0.834. The van der Waals surface area contributed by atoms with Gasteiger partial charge in [-0.2, -0.15) is 5.10 Å². The maximum atomic E-state index is 5.95. The molecule has 1 atom stereocenters. The number of fused-ring (bicyclic) bond motifs is 1. The third-order valence-electron chi connectivity index (χ3n) is 3.54. The highest BCUT2D eigenvalue weighted by Gasteiger charge is 2.19. The van der Waals surface area contributed by atoms with Crippen molar-refractivity contribution >= 4 is 17.2 Å². The number of rotatable bonds is 2. The summed E-state index contributed by atoms with van der Waals surface area (Å²) in [5, 5.41) is 5.21. The van der Waals surface area contributed by atoms with Crippen molar-refractivity contribution in [3.05, 3.63) is 29.2 Å². The van der Waals surface area contributed by atoms with Gasteiger partial charge in [-0.3, -0.25) is 0 Å². The molecule has 0 amide bonds. The molecule has 4 nitrogen and oxygen atoms in total. The van der Waals surface area contributed by atoms with Gasteiger partial charge in [0.1, 0.15) is 0 Å². The molecule has 5 heteroatoms. The van der Waals surface area contributed by atoms with Crippen LogP contribution in [0.2, 0.25) is 5.02 Å². The Morgan fingerprint density at radius 2 is 2.39 bits per heavy atom. The average Bonchev–Trinajstić information content (AvgIpc) is 2.70. The second-order valence-corrected chi connectivity index (χ2v) is 5.59. The Balaban J connectivity index is 1.78. The number of pyridine rings is 1. The molecule has 0 saturated carbocycles. The zero-order valence-corrected chi connectivity index (χ0v) is 11.3. The minimum atomic E-state index is 0.677.